The molecular weight excluding hydrogens is 618 g/mol. The van der Waals surface area contributed by atoms with Gasteiger partial charge in [-0.2, -0.15) is 0 Å². The van der Waals surface area contributed by atoms with Gasteiger partial charge < -0.3 is 29.0 Å². The van der Waals surface area contributed by atoms with E-state index in [0.29, 0.717) is 32.0 Å². The van der Waals surface area contributed by atoms with Crippen molar-refractivity contribution in [3.05, 3.63) is 137 Å². The van der Waals surface area contributed by atoms with Gasteiger partial charge in [0.2, 0.25) is 0 Å². The highest BCUT2D eigenvalue weighted by atomic mass is 19.1. The van der Waals surface area contributed by atoms with E-state index in [1.807, 2.05) is 42.5 Å². The molecular formula is C36H35F4NO6. The highest BCUT2D eigenvalue weighted by molar-refractivity contribution is 5.65. The van der Waals surface area contributed by atoms with Crippen molar-refractivity contribution in [1.82, 2.24) is 4.90 Å². The third kappa shape index (κ3) is 9.54. The molecule has 1 fully saturated rings. The highest BCUT2D eigenvalue weighted by Gasteiger charge is 2.41. The van der Waals surface area contributed by atoms with Gasteiger partial charge in [-0.05, 0) is 35.4 Å². The van der Waals surface area contributed by atoms with Crippen molar-refractivity contribution in [2.75, 3.05) is 26.3 Å². The number of hydrogen-bond donors (Lipinski definition) is 1. The van der Waals surface area contributed by atoms with Gasteiger partial charge in [0.15, 0.2) is 0 Å². The molecule has 1 N–H and O–H groups in total. The maximum Gasteiger partial charge on any atom is 0.407 e. The molecule has 4 aromatic rings. The normalized spacial score (nSPS) is 17.9. The van der Waals surface area contributed by atoms with Crippen LogP contribution in [0.5, 0.6) is 5.75 Å². The summed E-state index contributed by atoms with van der Waals surface area (Å²) in [4.78, 5) is 13.2. The summed E-state index contributed by atoms with van der Waals surface area (Å²) in [6.07, 6.45) is -2.18. The molecule has 4 aromatic carbocycles. The number of likely N-dealkylation sites (tertiary alicyclic amines) is 1. The van der Waals surface area contributed by atoms with Crippen molar-refractivity contribution >= 4 is 6.09 Å². The number of ether oxygens (including phenoxy) is 4. The van der Waals surface area contributed by atoms with Crippen LogP contribution in [0, 0.1) is 23.3 Å². The number of benzene rings is 4. The van der Waals surface area contributed by atoms with Gasteiger partial charge in [-0.25, -0.2) is 22.4 Å². The fourth-order valence-electron chi connectivity index (χ4n) is 5.45. The lowest BCUT2D eigenvalue weighted by Gasteiger charge is -2.42. The van der Waals surface area contributed by atoms with Crippen LogP contribution in [-0.4, -0.2) is 54.6 Å². The minimum absolute atomic E-state index is 0.0607. The number of carboxylic acid groups (broad SMARTS) is 1. The van der Waals surface area contributed by atoms with Crippen LogP contribution in [-0.2, 0) is 34.0 Å². The summed E-state index contributed by atoms with van der Waals surface area (Å²) in [5, 5.41) is 9.87. The Kier molecular flexibility index (Phi) is 11.8. The standard InChI is InChI=1S/C36H35F4NO6/c37-28-11-7-26(31(39)17-28)22-46-33-19-41(36(42)43)20-34(47-23-27-8-12-29(38)18-32(27)40)35(33)25-9-13-30(14-10-25)45-16-4-15-44-21-24-5-2-1-3-6-24/h1-3,5-14,17-18,33-35H,4,15-16,19-23H2,(H,42,43)/t33-,34+,35-. The average Bonchev–Trinajstić information content (AvgIpc) is 3.06. The lowest BCUT2D eigenvalue weighted by Crippen LogP contribution is -2.54. The molecule has 0 aromatic heterocycles. The van der Waals surface area contributed by atoms with Crippen molar-refractivity contribution in [3.63, 3.8) is 0 Å². The first-order chi connectivity index (χ1) is 22.8. The van der Waals surface area contributed by atoms with Gasteiger partial charge in [0.25, 0.3) is 0 Å². The Morgan fingerprint density at radius 3 is 1.83 bits per heavy atom. The second kappa shape index (κ2) is 16.4. The Morgan fingerprint density at radius 1 is 0.723 bits per heavy atom. The quantitative estimate of drug-likeness (QED) is 0.112. The van der Waals surface area contributed by atoms with Gasteiger partial charge in [0, 0.05) is 35.6 Å². The molecule has 0 bridgehead atoms. The summed E-state index contributed by atoms with van der Waals surface area (Å²) in [6.45, 7) is 0.834. The number of hydrogen-bond acceptors (Lipinski definition) is 5. The zero-order chi connectivity index (χ0) is 33.2. The summed E-state index contributed by atoms with van der Waals surface area (Å²) in [5.41, 5.74) is 2.01. The predicted octanol–water partition coefficient (Wildman–Crippen LogP) is 7.48. The van der Waals surface area contributed by atoms with Crippen LogP contribution in [0.4, 0.5) is 22.4 Å². The Morgan fingerprint density at radius 2 is 1.30 bits per heavy atom. The van der Waals surface area contributed by atoms with E-state index in [1.54, 1.807) is 12.1 Å². The lowest BCUT2D eigenvalue weighted by molar-refractivity contribution is -0.0944. The van der Waals surface area contributed by atoms with E-state index < -0.39 is 47.5 Å². The highest BCUT2D eigenvalue weighted by Crippen LogP contribution is 2.35. The first kappa shape index (κ1) is 33.9. The molecule has 0 aliphatic carbocycles. The second-order valence-corrected chi connectivity index (χ2v) is 11.2. The van der Waals surface area contributed by atoms with E-state index in [0.717, 1.165) is 40.3 Å². The molecule has 0 spiro atoms. The third-order valence-electron chi connectivity index (χ3n) is 7.89. The Bertz CT molecular complexity index is 1540. The molecule has 1 saturated heterocycles. The molecule has 1 aliphatic heterocycles. The molecule has 0 radical (unpaired) electrons. The van der Waals surface area contributed by atoms with Crippen LogP contribution in [0.3, 0.4) is 0 Å². The number of carbonyl (C=O) groups is 1. The fourth-order valence-corrected chi connectivity index (χ4v) is 5.45. The zero-order valence-corrected chi connectivity index (χ0v) is 25.5. The maximum atomic E-state index is 14.4. The molecule has 0 unspecified atom stereocenters. The topological polar surface area (TPSA) is 77.5 Å². The minimum Gasteiger partial charge on any atom is -0.494 e. The van der Waals surface area contributed by atoms with Crippen LogP contribution in [0.2, 0.25) is 0 Å². The maximum absolute atomic E-state index is 14.4. The summed E-state index contributed by atoms with van der Waals surface area (Å²) in [6, 6.07) is 23.3. The third-order valence-corrected chi connectivity index (χ3v) is 7.89. The zero-order valence-electron chi connectivity index (χ0n) is 25.5. The van der Waals surface area contributed by atoms with E-state index in [4.69, 9.17) is 18.9 Å². The fraction of sp³-hybridized carbons (Fsp3) is 0.306. The van der Waals surface area contributed by atoms with E-state index in [9.17, 15) is 27.5 Å². The van der Waals surface area contributed by atoms with Crippen molar-refractivity contribution in [1.29, 1.82) is 0 Å². The monoisotopic (exact) mass is 653 g/mol. The van der Waals surface area contributed by atoms with Crippen molar-refractivity contribution in [2.45, 2.75) is 44.4 Å². The van der Waals surface area contributed by atoms with Crippen LogP contribution in [0.25, 0.3) is 0 Å². The molecule has 1 heterocycles. The molecule has 248 valence electrons. The molecule has 47 heavy (non-hydrogen) atoms. The van der Waals surface area contributed by atoms with Gasteiger partial charge in [0.05, 0.1) is 58.3 Å². The van der Waals surface area contributed by atoms with E-state index in [2.05, 4.69) is 0 Å². The number of halogens is 4. The predicted molar refractivity (Wildman–Crippen MR) is 165 cm³/mol. The van der Waals surface area contributed by atoms with Gasteiger partial charge >= 0.3 is 6.09 Å². The summed E-state index contributed by atoms with van der Waals surface area (Å²) in [7, 11) is 0. The number of rotatable bonds is 14. The number of nitrogens with zero attached hydrogens (tertiary/aromatic N) is 1. The van der Waals surface area contributed by atoms with Gasteiger partial charge in [-0.1, -0.05) is 54.6 Å². The molecule has 1 aliphatic rings. The second-order valence-electron chi connectivity index (χ2n) is 11.2. The van der Waals surface area contributed by atoms with E-state index >= 15 is 0 Å². The largest absolute Gasteiger partial charge is 0.494 e. The van der Waals surface area contributed by atoms with Crippen LogP contribution in [0.1, 0.15) is 34.6 Å². The molecule has 1 amide bonds. The SMILES string of the molecule is O=C(O)N1C[C@H](OCc2ccc(F)cc2F)[C@H](c2ccc(OCCCOCc3ccccc3)cc2)[C@H](OCc2ccc(F)cc2F)C1. The summed E-state index contributed by atoms with van der Waals surface area (Å²) in [5.74, 6) is -3.02. The van der Waals surface area contributed by atoms with Crippen molar-refractivity contribution in [3.8, 4) is 5.75 Å². The molecule has 3 atom stereocenters. The summed E-state index contributed by atoms with van der Waals surface area (Å²) < 4.78 is 79.7. The molecule has 0 saturated carbocycles. The van der Waals surface area contributed by atoms with Gasteiger partial charge in [0.1, 0.15) is 29.0 Å². The smallest absolute Gasteiger partial charge is 0.407 e. The first-order valence-electron chi connectivity index (χ1n) is 15.2. The number of amides is 1. The molecule has 11 heteroatoms. The molecule has 7 nitrogen and oxygen atoms in total. The first-order valence-corrected chi connectivity index (χ1v) is 15.2. The number of piperidine rings is 1. The van der Waals surface area contributed by atoms with Crippen LogP contribution >= 0.6 is 0 Å². The minimum atomic E-state index is -1.22. The van der Waals surface area contributed by atoms with E-state index in [1.165, 1.54) is 12.1 Å². The van der Waals surface area contributed by atoms with E-state index in [-0.39, 0.29) is 37.4 Å². The van der Waals surface area contributed by atoms with Crippen molar-refractivity contribution in [2.24, 2.45) is 0 Å². The lowest BCUT2D eigenvalue weighted by atomic mass is 9.84. The van der Waals surface area contributed by atoms with Gasteiger partial charge in [-0.3, -0.25) is 0 Å². The Hall–Kier alpha value is -4.45. The van der Waals surface area contributed by atoms with Gasteiger partial charge in [-0.15, -0.1) is 0 Å². The Labute approximate surface area is 270 Å². The summed E-state index contributed by atoms with van der Waals surface area (Å²) >= 11 is 0. The van der Waals surface area contributed by atoms with Crippen LogP contribution in [0.15, 0.2) is 91.0 Å². The molecule has 5 rings (SSSR count). The Balaban J connectivity index is 1.29. The average molecular weight is 654 g/mol. The van der Waals surface area contributed by atoms with Crippen molar-refractivity contribution < 1.29 is 46.4 Å². The van der Waals surface area contributed by atoms with Crippen LogP contribution < -0.4 is 4.74 Å².